The van der Waals surface area contributed by atoms with Crippen molar-refractivity contribution in [1.29, 1.82) is 0 Å². The van der Waals surface area contributed by atoms with Gasteiger partial charge in [-0.25, -0.2) is 0 Å². The van der Waals surface area contributed by atoms with Crippen LogP contribution in [0.4, 0.5) is 0 Å². The van der Waals surface area contributed by atoms with Gasteiger partial charge < -0.3 is 5.32 Å². The Morgan fingerprint density at radius 1 is 1.53 bits per heavy atom. The van der Waals surface area contributed by atoms with Crippen LogP contribution in [-0.2, 0) is 6.54 Å². The lowest BCUT2D eigenvalue weighted by Crippen LogP contribution is -2.63. The van der Waals surface area contributed by atoms with Gasteiger partial charge in [-0.05, 0) is 32.1 Å². The molecule has 2 heterocycles. The molecule has 1 aliphatic heterocycles. The zero-order valence-corrected chi connectivity index (χ0v) is 12.9. The third kappa shape index (κ3) is 3.01. The van der Waals surface area contributed by atoms with E-state index in [1.54, 1.807) is 11.3 Å². The Balaban J connectivity index is 1.70. The lowest BCUT2D eigenvalue weighted by Gasteiger charge is -2.46. The quantitative estimate of drug-likeness (QED) is 0.898. The molecule has 0 radical (unpaired) electrons. The SMILES string of the molecule is CCCC1CNC(C)(C2CC2)CN1Cc1cncs1. The van der Waals surface area contributed by atoms with E-state index in [1.165, 1.54) is 37.1 Å². The molecule has 1 saturated heterocycles. The molecule has 3 nitrogen and oxygen atoms in total. The first-order valence-corrected chi connectivity index (χ1v) is 8.45. The molecule has 1 aromatic rings. The van der Waals surface area contributed by atoms with Crippen molar-refractivity contribution in [2.75, 3.05) is 13.1 Å². The minimum absolute atomic E-state index is 0.342. The van der Waals surface area contributed by atoms with E-state index in [-0.39, 0.29) is 0 Å². The highest BCUT2D eigenvalue weighted by molar-refractivity contribution is 7.09. The van der Waals surface area contributed by atoms with Crippen molar-refractivity contribution in [3.8, 4) is 0 Å². The van der Waals surface area contributed by atoms with Crippen molar-refractivity contribution >= 4 is 11.3 Å². The average molecular weight is 279 g/mol. The molecule has 1 N–H and O–H groups in total. The van der Waals surface area contributed by atoms with Crippen LogP contribution >= 0.6 is 11.3 Å². The maximum Gasteiger partial charge on any atom is 0.0794 e. The average Bonchev–Trinajstić information content (AvgIpc) is 3.14. The van der Waals surface area contributed by atoms with Gasteiger partial charge in [0.15, 0.2) is 0 Å². The highest BCUT2D eigenvalue weighted by Gasteiger charge is 2.45. The molecule has 1 saturated carbocycles. The lowest BCUT2D eigenvalue weighted by atomic mass is 9.90. The normalized spacial score (nSPS) is 32.6. The molecule has 2 unspecified atom stereocenters. The van der Waals surface area contributed by atoms with Crippen LogP contribution in [0.2, 0.25) is 0 Å². The minimum Gasteiger partial charge on any atom is -0.308 e. The van der Waals surface area contributed by atoms with Crippen LogP contribution in [-0.4, -0.2) is 34.6 Å². The summed E-state index contributed by atoms with van der Waals surface area (Å²) in [6.45, 7) is 8.14. The molecule has 1 aliphatic carbocycles. The van der Waals surface area contributed by atoms with Gasteiger partial charge in [0.25, 0.3) is 0 Å². The van der Waals surface area contributed by atoms with Gasteiger partial charge in [0.2, 0.25) is 0 Å². The second-order valence-corrected chi connectivity index (χ2v) is 7.36. The topological polar surface area (TPSA) is 28.2 Å². The molecule has 0 aromatic carbocycles. The van der Waals surface area contributed by atoms with Gasteiger partial charge in [-0.15, -0.1) is 11.3 Å². The van der Waals surface area contributed by atoms with E-state index in [0.717, 1.165) is 19.0 Å². The van der Waals surface area contributed by atoms with E-state index in [1.807, 2.05) is 11.7 Å². The molecule has 0 bridgehead atoms. The molecule has 106 valence electrons. The maximum absolute atomic E-state index is 4.22. The van der Waals surface area contributed by atoms with Crippen LogP contribution in [0.5, 0.6) is 0 Å². The summed E-state index contributed by atoms with van der Waals surface area (Å²) >= 11 is 1.79. The fourth-order valence-corrected chi connectivity index (χ4v) is 4.02. The van der Waals surface area contributed by atoms with E-state index in [4.69, 9.17) is 0 Å². The van der Waals surface area contributed by atoms with Gasteiger partial charge in [-0.3, -0.25) is 9.88 Å². The molecule has 19 heavy (non-hydrogen) atoms. The number of rotatable bonds is 5. The van der Waals surface area contributed by atoms with E-state index >= 15 is 0 Å². The Bertz CT molecular complexity index is 402. The first-order valence-electron chi connectivity index (χ1n) is 7.57. The third-order valence-corrected chi connectivity index (χ3v) is 5.50. The van der Waals surface area contributed by atoms with Crippen molar-refractivity contribution in [3.05, 3.63) is 16.6 Å². The van der Waals surface area contributed by atoms with Gasteiger partial charge in [-0.2, -0.15) is 0 Å². The molecule has 1 aromatic heterocycles. The molecule has 0 spiro atoms. The summed E-state index contributed by atoms with van der Waals surface area (Å²) in [4.78, 5) is 8.32. The van der Waals surface area contributed by atoms with Crippen LogP contribution in [0.3, 0.4) is 0 Å². The Labute approximate surface area is 120 Å². The van der Waals surface area contributed by atoms with Crippen molar-refractivity contribution < 1.29 is 0 Å². The van der Waals surface area contributed by atoms with Crippen LogP contribution < -0.4 is 5.32 Å². The van der Waals surface area contributed by atoms with Crippen molar-refractivity contribution in [2.24, 2.45) is 5.92 Å². The Morgan fingerprint density at radius 3 is 3.00 bits per heavy atom. The van der Waals surface area contributed by atoms with Crippen LogP contribution in [0, 0.1) is 5.92 Å². The number of hydrogen-bond acceptors (Lipinski definition) is 4. The van der Waals surface area contributed by atoms with Gasteiger partial charge in [-0.1, -0.05) is 13.3 Å². The first kappa shape index (κ1) is 13.5. The van der Waals surface area contributed by atoms with Crippen molar-refractivity contribution in [1.82, 2.24) is 15.2 Å². The largest absolute Gasteiger partial charge is 0.308 e. The summed E-state index contributed by atoms with van der Waals surface area (Å²) < 4.78 is 0. The van der Waals surface area contributed by atoms with Gasteiger partial charge in [0.1, 0.15) is 0 Å². The number of hydrogen-bond donors (Lipinski definition) is 1. The van der Waals surface area contributed by atoms with Gasteiger partial charge in [0.05, 0.1) is 5.51 Å². The first-order chi connectivity index (χ1) is 9.21. The molecular weight excluding hydrogens is 254 g/mol. The number of nitrogens with zero attached hydrogens (tertiary/aromatic N) is 2. The van der Waals surface area contributed by atoms with E-state index in [2.05, 4.69) is 29.0 Å². The maximum atomic E-state index is 4.22. The van der Waals surface area contributed by atoms with Gasteiger partial charge >= 0.3 is 0 Å². The number of nitrogens with one attached hydrogen (secondary N) is 1. The second-order valence-electron chi connectivity index (χ2n) is 6.39. The summed E-state index contributed by atoms with van der Waals surface area (Å²) in [5.74, 6) is 0.902. The standard InChI is InChI=1S/C15H25N3S/c1-3-4-13-7-17-15(2,12-5-6-12)10-18(13)9-14-8-16-11-19-14/h8,11-13,17H,3-7,9-10H2,1-2H3. The Kier molecular flexibility index (Phi) is 3.92. The Morgan fingerprint density at radius 2 is 2.37 bits per heavy atom. The summed E-state index contributed by atoms with van der Waals surface area (Å²) in [5, 5.41) is 3.85. The molecular formula is C15H25N3S. The summed E-state index contributed by atoms with van der Waals surface area (Å²) in [7, 11) is 0. The summed E-state index contributed by atoms with van der Waals surface area (Å²) in [6.07, 6.45) is 7.43. The smallest absolute Gasteiger partial charge is 0.0794 e. The lowest BCUT2D eigenvalue weighted by molar-refractivity contribution is 0.0646. The molecule has 4 heteroatoms. The van der Waals surface area contributed by atoms with Crippen molar-refractivity contribution in [3.63, 3.8) is 0 Å². The predicted molar refractivity (Wildman–Crippen MR) is 80.4 cm³/mol. The molecule has 2 aliphatic rings. The molecule has 0 amide bonds. The number of piperazine rings is 1. The number of aromatic nitrogens is 1. The number of thiazole rings is 1. The fourth-order valence-electron chi connectivity index (χ4n) is 3.40. The van der Waals surface area contributed by atoms with E-state index in [9.17, 15) is 0 Å². The van der Waals surface area contributed by atoms with E-state index < -0.39 is 0 Å². The summed E-state index contributed by atoms with van der Waals surface area (Å²) in [5.41, 5.74) is 2.29. The molecule has 2 atom stereocenters. The monoisotopic (exact) mass is 279 g/mol. The van der Waals surface area contributed by atoms with Crippen LogP contribution in [0.25, 0.3) is 0 Å². The molecule has 3 rings (SSSR count). The predicted octanol–water partition coefficient (Wildman–Crippen LogP) is 2.89. The Hall–Kier alpha value is -0.450. The zero-order chi connectivity index (χ0) is 13.3. The minimum atomic E-state index is 0.342. The van der Waals surface area contributed by atoms with Crippen LogP contribution in [0.1, 0.15) is 44.4 Å². The fraction of sp³-hybridized carbons (Fsp3) is 0.800. The molecule has 2 fully saturated rings. The highest BCUT2D eigenvalue weighted by atomic mass is 32.1. The van der Waals surface area contributed by atoms with Crippen LogP contribution in [0.15, 0.2) is 11.7 Å². The van der Waals surface area contributed by atoms with Crippen molar-refractivity contribution in [2.45, 2.75) is 57.7 Å². The zero-order valence-electron chi connectivity index (χ0n) is 12.1. The van der Waals surface area contributed by atoms with Gasteiger partial charge in [0, 0.05) is 42.3 Å². The third-order valence-electron chi connectivity index (χ3n) is 4.73. The van der Waals surface area contributed by atoms with E-state index in [0.29, 0.717) is 11.6 Å². The highest BCUT2D eigenvalue weighted by Crippen LogP contribution is 2.41. The summed E-state index contributed by atoms with van der Waals surface area (Å²) in [6, 6.07) is 0.693. The second kappa shape index (κ2) is 5.51.